The highest BCUT2D eigenvalue weighted by Crippen LogP contribution is 2.40. The number of carbonyl (C=O) groups excluding carboxylic acids is 1. The zero-order valence-corrected chi connectivity index (χ0v) is 10.1. The predicted molar refractivity (Wildman–Crippen MR) is 59.7 cm³/mol. The van der Waals surface area contributed by atoms with Gasteiger partial charge in [0.1, 0.15) is 5.78 Å². The molecule has 0 aliphatic heterocycles. The molecule has 2 aliphatic carbocycles. The van der Waals surface area contributed by atoms with Crippen LogP contribution in [0.1, 0.15) is 52.9 Å². The summed E-state index contributed by atoms with van der Waals surface area (Å²) in [6.07, 6.45) is 5.58. The van der Waals surface area contributed by atoms with Gasteiger partial charge in [-0.1, -0.05) is 20.8 Å². The SMILES string of the molecule is CC1CC(OC2CC(=O)C2)CC(C)(C)C1. The standard InChI is InChI=1S/C13H22O2/c1-9-4-12(8-13(2,3)7-9)15-11-5-10(14)6-11/h9,11-12H,4-8H2,1-3H3. The molecule has 2 saturated carbocycles. The van der Waals surface area contributed by atoms with Gasteiger partial charge >= 0.3 is 0 Å². The first-order chi connectivity index (χ1) is 6.94. The van der Waals surface area contributed by atoms with Gasteiger partial charge in [-0.25, -0.2) is 0 Å². The smallest absolute Gasteiger partial charge is 0.138 e. The average molecular weight is 210 g/mol. The molecular weight excluding hydrogens is 188 g/mol. The minimum atomic E-state index is 0.239. The summed E-state index contributed by atoms with van der Waals surface area (Å²) in [5, 5.41) is 0. The summed E-state index contributed by atoms with van der Waals surface area (Å²) in [6.45, 7) is 6.96. The van der Waals surface area contributed by atoms with Crippen molar-refractivity contribution in [2.24, 2.45) is 11.3 Å². The molecule has 2 nitrogen and oxygen atoms in total. The van der Waals surface area contributed by atoms with Gasteiger partial charge in [-0.05, 0) is 30.6 Å². The monoisotopic (exact) mass is 210 g/mol. The largest absolute Gasteiger partial charge is 0.374 e. The second-order valence-electron chi connectivity index (χ2n) is 6.24. The van der Waals surface area contributed by atoms with Gasteiger partial charge < -0.3 is 4.74 Å². The highest BCUT2D eigenvalue weighted by Gasteiger charge is 2.36. The van der Waals surface area contributed by atoms with E-state index in [4.69, 9.17) is 4.74 Å². The normalized spacial score (nSPS) is 36.3. The van der Waals surface area contributed by atoms with Crippen molar-refractivity contribution in [2.45, 2.75) is 65.1 Å². The molecule has 2 rings (SSSR count). The van der Waals surface area contributed by atoms with E-state index in [1.165, 1.54) is 12.8 Å². The Bertz CT molecular complexity index is 249. The van der Waals surface area contributed by atoms with E-state index >= 15 is 0 Å². The maximum Gasteiger partial charge on any atom is 0.138 e. The molecule has 0 heterocycles. The first-order valence-electron chi connectivity index (χ1n) is 6.12. The first-order valence-corrected chi connectivity index (χ1v) is 6.12. The third kappa shape index (κ3) is 2.81. The van der Waals surface area contributed by atoms with Crippen LogP contribution in [0.3, 0.4) is 0 Å². The van der Waals surface area contributed by atoms with Gasteiger partial charge in [0.2, 0.25) is 0 Å². The molecule has 2 heteroatoms. The van der Waals surface area contributed by atoms with Crippen LogP contribution < -0.4 is 0 Å². The number of ether oxygens (including phenoxy) is 1. The lowest BCUT2D eigenvalue weighted by atomic mass is 9.71. The fourth-order valence-corrected chi connectivity index (χ4v) is 3.18. The molecule has 0 aromatic rings. The lowest BCUT2D eigenvalue weighted by Gasteiger charge is -2.41. The summed E-state index contributed by atoms with van der Waals surface area (Å²) in [4.78, 5) is 10.9. The molecule has 86 valence electrons. The van der Waals surface area contributed by atoms with Crippen molar-refractivity contribution in [1.29, 1.82) is 0 Å². The highest BCUT2D eigenvalue weighted by atomic mass is 16.5. The number of carbonyl (C=O) groups is 1. The third-order valence-corrected chi connectivity index (χ3v) is 3.64. The van der Waals surface area contributed by atoms with Gasteiger partial charge in [0.15, 0.2) is 0 Å². The molecule has 0 amide bonds. The summed E-state index contributed by atoms with van der Waals surface area (Å²) in [6, 6.07) is 0. The molecule has 0 bridgehead atoms. The van der Waals surface area contributed by atoms with E-state index < -0.39 is 0 Å². The molecule has 0 spiro atoms. The average Bonchev–Trinajstić information content (AvgIpc) is 1.96. The van der Waals surface area contributed by atoms with E-state index in [-0.39, 0.29) is 6.10 Å². The van der Waals surface area contributed by atoms with Gasteiger partial charge in [-0.15, -0.1) is 0 Å². The molecule has 0 aromatic carbocycles. The Morgan fingerprint density at radius 3 is 2.40 bits per heavy atom. The van der Waals surface area contributed by atoms with Crippen LogP contribution >= 0.6 is 0 Å². The van der Waals surface area contributed by atoms with Crippen molar-refractivity contribution < 1.29 is 9.53 Å². The van der Waals surface area contributed by atoms with Crippen molar-refractivity contribution in [2.75, 3.05) is 0 Å². The van der Waals surface area contributed by atoms with Crippen molar-refractivity contribution in [3.05, 3.63) is 0 Å². The lowest BCUT2D eigenvalue weighted by molar-refractivity contribution is -0.143. The van der Waals surface area contributed by atoms with Gasteiger partial charge in [-0.3, -0.25) is 4.79 Å². The molecule has 2 fully saturated rings. The van der Waals surface area contributed by atoms with Crippen molar-refractivity contribution in [3.8, 4) is 0 Å². The number of Topliss-reactive ketones (excluding diaryl/α,β-unsaturated/α-hetero) is 1. The molecule has 2 aliphatic rings. The van der Waals surface area contributed by atoms with Crippen LogP contribution in [0.25, 0.3) is 0 Å². The van der Waals surface area contributed by atoms with E-state index in [0.717, 1.165) is 12.3 Å². The van der Waals surface area contributed by atoms with Gasteiger partial charge in [0.25, 0.3) is 0 Å². The van der Waals surface area contributed by atoms with E-state index in [0.29, 0.717) is 30.1 Å². The molecule has 0 N–H and O–H groups in total. The number of ketones is 1. The van der Waals surface area contributed by atoms with Crippen LogP contribution in [-0.4, -0.2) is 18.0 Å². The molecule has 15 heavy (non-hydrogen) atoms. The molecule has 0 aromatic heterocycles. The molecular formula is C13H22O2. The minimum Gasteiger partial charge on any atom is -0.374 e. The quantitative estimate of drug-likeness (QED) is 0.700. The Labute approximate surface area is 92.4 Å². The molecule has 0 saturated heterocycles. The molecule has 2 atom stereocenters. The third-order valence-electron chi connectivity index (χ3n) is 3.64. The van der Waals surface area contributed by atoms with E-state index in [9.17, 15) is 4.79 Å². The summed E-state index contributed by atoms with van der Waals surface area (Å²) in [7, 11) is 0. The molecule has 2 unspecified atom stereocenters. The Morgan fingerprint density at radius 1 is 1.20 bits per heavy atom. The number of hydrogen-bond donors (Lipinski definition) is 0. The summed E-state index contributed by atoms with van der Waals surface area (Å²) < 4.78 is 5.98. The number of rotatable bonds is 2. The second-order valence-corrected chi connectivity index (χ2v) is 6.24. The van der Waals surface area contributed by atoms with Crippen LogP contribution in [0.15, 0.2) is 0 Å². The molecule has 0 radical (unpaired) electrons. The van der Waals surface area contributed by atoms with Crippen molar-refractivity contribution in [1.82, 2.24) is 0 Å². The maximum atomic E-state index is 10.9. The first kappa shape index (κ1) is 11.1. The zero-order chi connectivity index (χ0) is 11.1. The van der Waals surface area contributed by atoms with E-state index in [1.807, 2.05) is 0 Å². The van der Waals surface area contributed by atoms with Gasteiger partial charge in [-0.2, -0.15) is 0 Å². The summed E-state index contributed by atoms with van der Waals surface area (Å²) >= 11 is 0. The fraction of sp³-hybridized carbons (Fsp3) is 0.923. The van der Waals surface area contributed by atoms with Crippen molar-refractivity contribution in [3.63, 3.8) is 0 Å². The Hall–Kier alpha value is -0.370. The zero-order valence-electron chi connectivity index (χ0n) is 10.1. The van der Waals surface area contributed by atoms with Crippen LogP contribution in [0.5, 0.6) is 0 Å². The van der Waals surface area contributed by atoms with Crippen LogP contribution in [0.2, 0.25) is 0 Å². The topological polar surface area (TPSA) is 26.3 Å². The Balaban J connectivity index is 1.84. The van der Waals surface area contributed by atoms with Crippen LogP contribution in [-0.2, 0) is 9.53 Å². The Kier molecular flexibility index (Phi) is 2.89. The van der Waals surface area contributed by atoms with Crippen molar-refractivity contribution >= 4 is 5.78 Å². The fourth-order valence-electron chi connectivity index (χ4n) is 3.18. The van der Waals surface area contributed by atoms with E-state index in [2.05, 4.69) is 20.8 Å². The maximum absolute atomic E-state index is 10.9. The highest BCUT2D eigenvalue weighted by molar-refractivity contribution is 5.85. The number of hydrogen-bond acceptors (Lipinski definition) is 2. The van der Waals surface area contributed by atoms with Gasteiger partial charge in [0.05, 0.1) is 12.2 Å². The van der Waals surface area contributed by atoms with Crippen LogP contribution in [0.4, 0.5) is 0 Å². The minimum absolute atomic E-state index is 0.239. The lowest BCUT2D eigenvalue weighted by Crippen LogP contribution is -2.39. The summed E-state index contributed by atoms with van der Waals surface area (Å²) in [5.74, 6) is 1.12. The Morgan fingerprint density at radius 2 is 1.87 bits per heavy atom. The van der Waals surface area contributed by atoms with Crippen LogP contribution in [0, 0.1) is 11.3 Å². The second kappa shape index (κ2) is 3.89. The van der Waals surface area contributed by atoms with Gasteiger partial charge in [0, 0.05) is 12.8 Å². The predicted octanol–water partition coefficient (Wildman–Crippen LogP) is 2.95. The summed E-state index contributed by atoms with van der Waals surface area (Å²) in [5.41, 5.74) is 0.413. The van der Waals surface area contributed by atoms with E-state index in [1.54, 1.807) is 0 Å².